The Morgan fingerprint density at radius 2 is 1.97 bits per heavy atom. The molecule has 0 radical (unpaired) electrons. The number of halogens is 2. The van der Waals surface area contributed by atoms with Gasteiger partial charge in [0.1, 0.15) is 17.6 Å². The number of hydrogen-bond donors (Lipinski definition) is 1. The fourth-order valence-corrected chi connectivity index (χ4v) is 4.94. The number of aromatic nitrogens is 1. The Labute approximate surface area is 217 Å². The van der Waals surface area contributed by atoms with Crippen LogP contribution in [0.4, 0.5) is 4.39 Å². The molecule has 0 amide bonds. The average Bonchev–Trinajstić information content (AvgIpc) is 2.87. The van der Waals surface area contributed by atoms with Crippen molar-refractivity contribution < 1.29 is 9.18 Å². The lowest BCUT2D eigenvalue weighted by molar-refractivity contribution is -0.114. The van der Waals surface area contributed by atoms with E-state index in [0.717, 1.165) is 57.7 Å². The van der Waals surface area contributed by atoms with Crippen LogP contribution in [0, 0.1) is 18.2 Å². The summed E-state index contributed by atoms with van der Waals surface area (Å²) in [7, 11) is 0. The summed E-state index contributed by atoms with van der Waals surface area (Å²) in [6, 6.07) is 9.15. The highest BCUT2D eigenvalue weighted by Crippen LogP contribution is 2.36. The molecule has 2 aromatic rings. The molecule has 3 heterocycles. The molecule has 1 atom stereocenters. The quantitative estimate of drug-likeness (QED) is 0.406. The molecule has 6 nitrogen and oxygen atoms in total. The van der Waals surface area contributed by atoms with Gasteiger partial charge in [-0.3, -0.25) is 19.7 Å². The van der Waals surface area contributed by atoms with Crippen molar-refractivity contribution in [1.82, 2.24) is 20.1 Å². The molecule has 1 saturated heterocycles. The zero-order valence-electron chi connectivity index (χ0n) is 20.5. The second kappa shape index (κ2) is 12.3. The number of carbonyl (C=O) groups is 1. The molecule has 36 heavy (non-hydrogen) atoms. The molecule has 1 aromatic heterocycles. The molecule has 0 aliphatic carbocycles. The summed E-state index contributed by atoms with van der Waals surface area (Å²) >= 11 is 6.44. The van der Waals surface area contributed by atoms with Gasteiger partial charge in [0, 0.05) is 67.2 Å². The maximum absolute atomic E-state index is 13.8. The number of pyridine rings is 1. The number of carbonyl (C=O) groups excluding carboxylic acids is 1. The number of benzene rings is 1. The first-order chi connectivity index (χ1) is 17.5. The van der Waals surface area contributed by atoms with E-state index in [9.17, 15) is 9.18 Å². The largest absolute Gasteiger partial charge is 0.341 e. The van der Waals surface area contributed by atoms with E-state index >= 15 is 0 Å². The SMILES string of the molecule is C#CCCCCN1CCN(CC2=C(C(C)=O)C(c3ccc(F)cc3Cl)N=C(c3ccccn3)N2)CC1. The van der Waals surface area contributed by atoms with Crippen LogP contribution in [0.3, 0.4) is 0 Å². The summed E-state index contributed by atoms with van der Waals surface area (Å²) in [4.78, 5) is 27.0. The van der Waals surface area contributed by atoms with Crippen LogP contribution in [0.1, 0.15) is 43.5 Å². The predicted octanol–water partition coefficient (Wildman–Crippen LogP) is 4.23. The van der Waals surface area contributed by atoms with Crippen molar-refractivity contribution in [1.29, 1.82) is 0 Å². The number of Topliss-reactive ketones (excluding diaryl/α,β-unsaturated/α-hetero) is 1. The van der Waals surface area contributed by atoms with Crippen molar-refractivity contribution in [2.45, 2.75) is 32.2 Å². The first-order valence-corrected chi connectivity index (χ1v) is 12.7. The van der Waals surface area contributed by atoms with Gasteiger partial charge < -0.3 is 10.2 Å². The molecule has 2 aliphatic heterocycles. The topological polar surface area (TPSA) is 60.8 Å². The van der Waals surface area contributed by atoms with Gasteiger partial charge in [-0.25, -0.2) is 4.39 Å². The monoisotopic (exact) mass is 507 g/mol. The predicted molar refractivity (Wildman–Crippen MR) is 141 cm³/mol. The number of unbranched alkanes of at least 4 members (excludes halogenated alkanes) is 2. The Hall–Kier alpha value is -3.05. The Morgan fingerprint density at radius 3 is 2.64 bits per heavy atom. The van der Waals surface area contributed by atoms with Crippen LogP contribution in [0.5, 0.6) is 0 Å². The molecule has 0 spiro atoms. The van der Waals surface area contributed by atoms with E-state index in [1.165, 1.54) is 19.1 Å². The fraction of sp³-hybridized carbons (Fsp3) is 0.393. The average molecular weight is 508 g/mol. The van der Waals surface area contributed by atoms with Gasteiger partial charge in [0.25, 0.3) is 0 Å². The van der Waals surface area contributed by atoms with Gasteiger partial charge in [0.2, 0.25) is 0 Å². The maximum Gasteiger partial charge on any atom is 0.160 e. The fourth-order valence-electron chi connectivity index (χ4n) is 4.67. The summed E-state index contributed by atoms with van der Waals surface area (Å²) in [5, 5.41) is 3.63. The van der Waals surface area contributed by atoms with Gasteiger partial charge in [-0.1, -0.05) is 23.7 Å². The number of ketones is 1. The number of hydrogen-bond acceptors (Lipinski definition) is 6. The maximum atomic E-state index is 13.8. The summed E-state index contributed by atoms with van der Waals surface area (Å²) in [5.41, 5.74) is 2.58. The minimum atomic E-state index is -0.652. The third kappa shape index (κ3) is 6.38. The van der Waals surface area contributed by atoms with Crippen LogP contribution in [-0.2, 0) is 4.79 Å². The number of nitrogens with one attached hydrogen (secondary N) is 1. The van der Waals surface area contributed by atoms with E-state index < -0.39 is 11.9 Å². The molecule has 2 aliphatic rings. The second-order valence-corrected chi connectivity index (χ2v) is 9.52. The summed E-state index contributed by atoms with van der Waals surface area (Å²) in [5.74, 6) is 2.73. The third-order valence-corrected chi connectivity index (χ3v) is 6.89. The van der Waals surface area contributed by atoms with Crippen molar-refractivity contribution in [3.05, 3.63) is 76.0 Å². The Kier molecular flexibility index (Phi) is 8.87. The molecular formula is C28H31ClFN5O. The highest BCUT2D eigenvalue weighted by atomic mass is 35.5. The molecular weight excluding hydrogens is 477 g/mol. The first-order valence-electron chi connectivity index (χ1n) is 12.3. The molecule has 1 unspecified atom stereocenters. The van der Waals surface area contributed by atoms with Gasteiger partial charge in [0.15, 0.2) is 11.6 Å². The van der Waals surface area contributed by atoms with Crippen LogP contribution >= 0.6 is 11.6 Å². The molecule has 0 saturated carbocycles. The lowest BCUT2D eigenvalue weighted by atomic mass is 9.92. The zero-order chi connectivity index (χ0) is 25.5. The van der Waals surface area contributed by atoms with E-state index in [2.05, 4.69) is 26.0 Å². The second-order valence-electron chi connectivity index (χ2n) is 9.11. The molecule has 1 N–H and O–H groups in total. The van der Waals surface area contributed by atoms with Gasteiger partial charge in [-0.15, -0.1) is 12.3 Å². The number of aliphatic imine (C=N–C) groups is 1. The van der Waals surface area contributed by atoms with Crippen LogP contribution in [-0.4, -0.2) is 65.7 Å². The van der Waals surface area contributed by atoms with Crippen LogP contribution in [0.2, 0.25) is 5.02 Å². The number of rotatable bonds is 9. The zero-order valence-corrected chi connectivity index (χ0v) is 21.3. The number of piperazine rings is 1. The van der Waals surface area contributed by atoms with E-state index in [1.807, 2.05) is 18.2 Å². The standard InChI is InChI=1S/C28H31ClFN5O/c1-3-4-5-8-13-34-14-16-35(17-15-34)19-25-26(20(2)36)27(22-11-10-21(30)18-23(22)29)33-28(32-25)24-9-6-7-12-31-24/h1,6-7,9-12,18,27H,4-5,8,13-17,19H2,2H3,(H,32,33). The Bertz CT molecular complexity index is 1180. The number of terminal acetylenes is 1. The normalized spacial score (nSPS) is 18.9. The number of amidine groups is 1. The van der Waals surface area contributed by atoms with Gasteiger partial charge in [0.05, 0.1) is 0 Å². The van der Waals surface area contributed by atoms with Crippen LogP contribution in [0.25, 0.3) is 0 Å². The van der Waals surface area contributed by atoms with Crippen LogP contribution < -0.4 is 5.32 Å². The molecule has 1 aromatic carbocycles. The molecule has 8 heteroatoms. The van der Waals surface area contributed by atoms with Crippen molar-refractivity contribution in [3.8, 4) is 12.3 Å². The van der Waals surface area contributed by atoms with Gasteiger partial charge in [-0.2, -0.15) is 0 Å². The summed E-state index contributed by atoms with van der Waals surface area (Å²) in [6.07, 6.45) is 10.0. The van der Waals surface area contributed by atoms with Crippen molar-refractivity contribution in [2.75, 3.05) is 39.3 Å². The molecule has 1 fully saturated rings. The summed E-state index contributed by atoms with van der Waals surface area (Å²) < 4.78 is 13.8. The lowest BCUT2D eigenvalue weighted by Gasteiger charge is -2.36. The van der Waals surface area contributed by atoms with E-state index in [1.54, 1.807) is 12.3 Å². The van der Waals surface area contributed by atoms with Crippen molar-refractivity contribution in [3.63, 3.8) is 0 Å². The first kappa shape index (κ1) is 26.0. The van der Waals surface area contributed by atoms with E-state index in [-0.39, 0.29) is 10.8 Å². The van der Waals surface area contributed by atoms with Crippen LogP contribution in [0.15, 0.2) is 58.9 Å². The smallest absolute Gasteiger partial charge is 0.160 e. The summed E-state index contributed by atoms with van der Waals surface area (Å²) in [6.45, 7) is 6.88. The molecule has 0 bridgehead atoms. The minimum Gasteiger partial charge on any atom is -0.341 e. The van der Waals surface area contributed by atoms with Crippen molar-refractivity contribution >= 4 is 23.2 Å². The molecule has 4 rings (SSSR count). The Balaban J connectivity index is 1.59. The van der Waals surface area contributed by atoms with Gasteiger partial charge in [-0.05, 0) is 50.6 Å². The lowest BCUT2D eigenvalue weighted by Crippen LogP contribution is -2.49. The highest BCUT2D eigenvalue weighted by molar-refractivity contribution is 6.31. The van der Waals surface area contributed by atoms with E-state index in [4.69, 9.17) is 23.0 Å². The van der Waals surface area contributed by atoms with E-state index in [0.29, 0.717) is 29.2 Å². The Morgan fingerprint density at radius 1 is 1.19 bits per heavy atom. The third-order valence-electron chi connectivity index (χ3n) is 6.56. The molecule has 188 valence electrons. The number of nitrogens with zero attached hydrogens (tertiary/aromatic N) is 4. The highest BCUT2D eigenvalue weighted by Gasteiger charge is 2.32. The van der Waals surface area contributed by atoms with Gasteiger partial charge >= 0.3 is 0 Å². The van der Waals surface area contributed by atoms with Crippen molar-refractivity contribution in [2.24, 2.45) is 4.99 Å². The minimum absolute atomic E-state index is 0.0983.